The molecule has 1 aromatic rings. The maximum Gasteiger partial charge on any atom is 0.172 e. The first-order chi connectivity index (χ1) is 6.11. The maximum atomic E-state index is 9.62. The highest BCUT2D eigenvalue weighted by Gasteiger charge is 2.13. The predicted octanol–water partition coefficient (Wildman–Crippen LogP) is 3.82. The molecule has 0 spiro atoms. The number of hydrogen-bond donors (Lipinski definition) is 1. The fourth-order valence-electron chi connectivity index (χ4n) is 0.905. The molecule has 1 aromatic carbocycles. The number of aromatic hydroxyl groups is 1. The van der Waals surface area contributed by atoms with Crippen LogP contribution in [0.2, 0.25) is 0 Å². The smallest absolute Gasteiger partial charge is 0.172 e. The molecule has 72 valence electrons. The highest BCUT2D eigenvalue weighted by molar-refractivity contribution is 9.11. The van der Waals surface area contributed by atoms with Crippen molar-refractivity contribution in [1.82, 2.24) is 0 Å². The molecule has 0 radical (unpaired) electrons. The molecule has 0 heterocycles. The molecule has 1 N–H and O–H groups in total. The second-order valence-corrected chi connectivity index (χ2v) is 4.54. The lowest BCUT2D eigenvalue weighted by atomic mass is 10.2. The quantitative estimate of drug-likeness (QED) is 0.797. The number of alkyl halides is 1. The Labute approximate surface area is 102 Å². The number of halogens is 3. The fraction of sp³-hybridized carbons (Fsp3) is 0.250. The molecule has 0 aliphatic heterocycles. The van der Waals surface area contributed by atoms with Crippen molar-refractivity contribution in [3.05, 3.63) is 20.6 Å². The molecule has 0 unspecified atom stereocenters. The van der Waals surface area contributed by atoms with Crippen LogP contribution in [0.15, 0.2) is 15.0 Å². The lowest BCUT2D eigenvalue weighted by Crippen LogP contribution is -1.89. The Morgan fingerprint density at radius 2 is 2.08 bits per heavy atom. The van der Waals surface area contributed by atoms with E-state index in [2.05, 4.69) is 47.8 Å². The van der Waals surface area contributed by atoms with Crippen LogP contribution in [-0.4, -0.2) is 12.2 Å². The Balaban J connectivity index is 3.37. The molecule has 1 rings (SSSR count). The van der Waals surface area contributed by atoms with Crippen molar-refractivity contribution in [2.45, 2.75) is 5.33 Å². The largest absolute Gasteiger partial charge is 0.503 e. The van der Waals surface area contributed by atoms with Gasteiger partial charge in [-0.25, -0.2) is 0 Å². The molecule has 0 aliphatic rings. The van der Waals surface area contributed by atoms with Crippen LogP contribution in [0.4, 0.5) is 0 Å². The minimum Gasteiger partial charge on any atom is -0.503 e. The summed E-state index contributed by atoms with van der Waals surface area (Å²) in [5, 5.41) is 10.3. The van der Waals surface area contributed by atoms with E-state index in [0.717, 1.165) is 10.0 Å². The Morgan fingerprint density at radius 1 is 1.46 bits per heavy atom. The van der Waals surface area contributed by atoms with E-state index in [0.29, 0.717) is 15.6 Å². The van der Waals surface area contributed by atoms with Crippen LogP contribution < -0.4 is 4.74 Å². The topological polar surface area (TPSA) is 29.5 Å². The van der Waals surface area contributed by atoms with Crippen LogP contribution >= 0.6 is 47.8 Å². The first-order valence-electron chi connectivity index (χ1n) is 3.41. The summed E-state index contributed by atoms with van der Waals surface area (Å²) in [7, 11) is 1.52. The lowest BCUT2D eigenvalue weighted by molar-refractivity contribution is 0.371. The SMILES string of the molecule is COc1cc(Br)c(CBr)c(Br)c1O. The van der Waals surface area contributed by atoms with Gasteiger partial charge in [0, 0.05) is 9.80 Å². The average Bonchev–Trinajstić information content (AvgIpc) is 2.12. The third kappa shape index (κ3) is 2.19. The van der Waals surface area contributed by atoms with E-state index >= 15 is 0 Å². The first-order valence-corrected chi connectivity index (χ1v) is 6.12. The minimum absolute atomic E-state index is 0.125. The van der Waals surface area contributed by atoms with Crippen LogP contribution in [0.3, 0.4) is 0 Å². The number of hydrogen-bond acceptors (Lipinski definition) is 2. The number of phenolic OH excluding ortho intramolecular Hbond substituents is 1. The Morgan fingerprint density at radius 3 is 2.54 bits per heavy atom. The fourth-order valence-corrected chi connectivity index (χ4v) is 3.60. The summed E-state index contributed by atoms with van der Waals surface area (Å²) in [4.78, 5) is 0. The van der Waals surface area contributed by atoms with Gasteiger partial charge in [-0.2, -0.15) is 0 Å². The molecular formula is C8H7Br3O2. The van der Waals surface area contributed by atoms with Gasteiger partial charge in [-0.1, -0.05) is 31.9 Å². The van der Waals surface area contributed by atoms with Crippen molar-refractivity contribution < 1.29 is 9.84 Å². The number of rotatable bonds is 2. The van der Waals surface area contributed by atoms with E-state index in [1.54, 1.807) is 6.07 Å². The molecule has 0 amide bonds. The van der Waals surface area contributed by atoms with Gasteiger partial charge in [0.2, 0.25) is 0 Å². The maximum absolute atomic E-state index is 9.62. The number of benzene rings is 1. The molecule has 0 atom stereocenters. The Bertz CT molecular complexity index is 326. The third-order valence-corrected chi connectivity index (χ3v) is 3.73. The number of ether oxygens (including phenoxy) is 1. The second-order valence-electron chi connectivity index (χ2n) is 2.34. The Hall–Kier alpha value is 0.260. The van der Waals surface area contributed by atoms with Crippen molar-refractivity contribution in [2.24, 2.45) is 0 Å². The highest BCUT2D eigenvalue weighted by Crippen LogP contribution is 2.41. The van der Waals surface area contributed by atoms with Gasteiger partial charge in [0.15, 0.2) is 11.5 Å². The third-order valence-electron chi connectivity index (χ3n) is 1.61. The molecule has 0 aliphatic carbocycles. The second kappa shape index (κ2) is 4.66. The van der Waals surface area contributed by atoms with Crippen LogP contribution in [-0.2, 0) is 5.33 Å². The van der Waals surface area contributed by atoms with E-state index < -0.39 is 0 Å². The highest BCUT2D eigenvalue weighted by atomic mass is 79.9. The van der Waals surface area contributed by atoms with Crippen LogP contribution in [0.25, 0.3) is 0 Å². The zero-order valence-electron chi connectivity index (χ0n) is 6.77. The van der Waals surface area contributed by atoms with Gasteiger partial charge in [0.1, 0.15) is 0 Å². The summed E-state index contributed by atoms with van der Waals surface area (Å²) in [6, 6.07) is 1.73. The van der Waals surface area contributed by atoms with Crippen molar-refractivity contribution in [2.75, 3.05) is 7.11 Å². The van der Waals surface area contributed by atoms with E-state index in [1.807, 2.05) is 0 Å². The molecule has 0 saturated heterocycles. The van der Waals surface area contributed by atoms with Crippen molar-refractivity contribution in [3.63, 3.8) is 0 Å². The van der Waals surface area contributed by atoms with Crippen molar-refractivity contribution >= 4 is 47.8 Å². The van der Waals surface area contributed by atoms with Gasteiger partial charge in [-0.3, -0.25) is 0 Å². The van der Waals surface area contributed by atoms with E-state index in [4.69, 9.17) is 4.74 Å². The van der Waals surface area contributed by atoms with Crippen LogP contribution in [0.1, 0.15) is 5.56 Å². The van der Waals surface area contributed by atoms with Gasteiger partial charge < -0.3 is 9.84 Å². The van der Waals surface area contributed by atoms with Gasteiger partial charge in [0.25, 0.3) is 0 Å². The number of methoxy groups -OCH3 is 1. The van der Waals surface area contributed by atoms with Crippen molar-refractivity contribution in [3.8, 4) is 11.5 Å². The lowest BCUT2D eigenvalue weighted by Gasteiger charge is -2.10. The minimum atomic E-state index is 0.125. The molecule has 0 fully saturated rings. The van der Waals surface area contributed by atoms with Crippen LogP contribution in [0, 0.1) is 0 Å². The van der Waals surface area contributed by atoms with Gasteiger partial charge in [-0.05, 0) is 27.6 Å². The van der Waals surface area contributed by atoms with Gasteiger partial charge in [-0.15, -0.1) is 0 Å². The molecule has 0 aromatic heterocycles. The number of phenols is 1. The average molecular weight is 375 g/mol. The monoisotopic (exact) mass is 372 g/mol. The molecule has 2 nitrogen and oxygen atoms in total. The van der Waals surface area contributed by atoms with E-state index in [1.165, 1.54) is 7.11 Å². The zero-order valence-corrected chi connectivity index (χ0v) is 11.5. The van der Waals surface area contributed by atoms with Crippen LogP contribution in [0.5, 0.6) is 11.5 Å². The molecule has 0 saturated carbocycles. The molecule has 0 bridgehead atoms. The summed E-state index contributed by atoms with van der Waals surface area (Å²) in [5.74, 6) is 0.573. The summed E-state index contributed by atoms with van der Waals surface area (Å²) < 4.78 is 6.52. The predicted molar refractivity (Wildman–Crippen MR) is 62.7 cm³/mol. The van der Waals surface area contributed by atoms with Gasteiger partial charge in [0.05, 0.1) is 11.6 Å². The molecular weight excluding hydrogens is 368 g/mol. The first kappa shape index (κ1) is 11.3. The van der Waals surface area contributed by atoms with E-state index in [9.17, 15) is 5.11 Å². The van der Waals surface area contributed by atoms with E-state index in [-0.39, 0.29) is 5.75 Å². The van der Waals surface area contributed by atoms with Crippen molar-refractivity contribution in [1.29, 1.82) is 0 Å². The summed E-state index contributed by atoms with van der Waals surface area (Å²) in [6.45, 7) is 0. The summed E-state index contributed by atoms with van der Waals surface area (Å²) in [5.41, 5.74) is 0.957. The normalized spacial score (nSPS) is 10.2. The standard InChI is InChI=1S/C8H7Br3O2/c1-13-6-2-5(10)4(3-9)7(11)8(6)12/h2,12H,3H2,1H3. The molecule has 5 heteroatoms. The summed E-state index contributed by atoms with van der Waals surface area (Å²) >= 11 is 10.0. The Kier molecular flexibility index (Phi) is 4.06. The van der Waals surface area contributed by atoms with Gasteiger partial charge >= 0.3 is 0 Å². The zero-order chi connectivity index (χ0) is 10.0. The summed E-state index contributed by atoms with van der Waals surface area (Å²) in [6.07, 6.45) is 0. The molecule has 13 heavy (non-hydrogen) atoms.